The fraction of sp³-hybridized carbons (Fsp3) is 1.00. The van der Waals surface area contributed by atoms with Crippen LogP contribution in [0.15, 0.2) is 0 Å². The quantitative estimate of drug-likeness (QED) is 0.390. The zero-order valence-electron chi connectivity index (χ0n) is 5.24. The summed E-state index contributed by atoms with van der Waals surface area (Å²) in [6.45, 7) is 4.41. The van der Waals surface area contributed by atoms with Crippen LogP contribution in [-0.2, 0) is 4.12 Å². The first-order valence-corrected chi connectivity index (χ1v) is 6.56. The highest BCUT2D eigenvalue weighted by atomic mass is 28.3. The van der Waals surface area contributed by atoms with Gasteiger partial charge in [-0.1, -0.05) is 19.9 Å². The second-order valence-corrected chi connectivity index (χ2v) is 4.88. The first-order valence-electron chi connectivity index (χ1n) is 2.99. The second kappa shape index (κ2) is 6.39. The topological polar surface area (TPSA) is 9.23 Å². The molecule has 0 N–H and O–H groups in total. The van der Waals surface area contributed by atoms with Crippen molar-refractivity contribution in [2.24, 2.45) is 0 Å². The van der Waals surface area contributed by atoms with Gasteiger partial charge in [0.15, 0.2) is 0 Å². The molecule has 0 heterocycles. The molecule has 0 spiro atoms. The zero-order chi connectivity index (χ0) is 5.54. The van der Waals surface area contributed by atoms with E-state index in [9.17, 15) is 0 Å². The molecule has 7 heavy (non-hydrogen) atoms. The molecule has 0 radical (unpaired) electrons. The van der Waals surface area contributed by atoms with Crippen LogP contribution in [0.25, 0.3) is 0 Å². The summed E-state index contributed by atoms with van der Waals surface area (Å²) in [5, 5.41) is 0. The van der Waals surface area contributed by atoms with E-state index in [0.717, 1.165) is 0 Å². The monoisotopic (exact) mass is 134 g/mol. The van der Waals surface area contributed by atoms with Crippen LogP contribution in [0, 0.1) is 0 Å². The maximum absolute atomic E-state index is 5.35. The van der Waals surface area contributed by atoms with E-state index in [4.69, 9.17) is 4.12 Å². The third kappa shape index (κ3) is 6.39. The molecule has 0 fully saturated rings. The van der Waals surface area contributed by atoms with Crippen LogP contribution in [0.4, 0.5) is 0 Å². The second-order valence-electron chi connectivity index (χ2n) is 1.55. The van der Waals surface area contributed by atoms with Crippen molar-refractivity contribution in [3.8, 4) is 0 Å². The molecule has 0 aliphatic rings. The van der Waals surface area contributed by atoms with Crippen molar-refractivity contribution < 1.29 is 4.12 Å². The standard InChI is InChI=1S/C4H14OSi2/c1-3-4-7-5-6-2/h3-4,6-7H2,1-2H3. The Labute approximate surface area is 50.3 Å². The molecule has 0 saturated carbocycles. The van der Waals surface area contributed by atoms with E-state index in [1.807, 2.05) is 0 Å². The zero-order valence-corrected chi connectivity index (χ0v) is 8.07. The Morgan fingerprint density at radius 3 is 2.71 bits per heavy atom. The van der Waals surface area contributed by atoms with E-state index >= 15 is 0 Å². The van der Waals surface area contributed by atoms with Gasteiger partial charge in [-0.15, -0.1) is 0 Å². The fourth-order valence-corrected chi connectivity index (χ4v) is 2.65. The predicted molar refractivity (Wildman–Crippen MR) is 39.1 cm³/mol. The molecule has 0 rings (SSSR count). The van der Waals surface area contributed by atoms with Gasteiger partial charge >= 0.3 is 0 Å². The Kier molecular flexibility index (Phi) is 6.75. The summed E-state index contributed by atoms with van der Waals surface area (Å²) in [5.74, 6) is 0. The average molecular weight is 134 g/mol. The highest BCUT2D eigenvalue weighted by molar-refractivity contribution is 6.41. The molecule has 0 saturated heterocycles. The molecule has 0 aliphatic carbocycles. The number of rotatable bonds is 4. The van der Waals surface area contributed by atoms with E-state index in [1.54, 1.807) is 0 Å². The van der Waals surface area contributed by atoms with Crippen molar-refractivity contribution in [3.63, 3.8) is 0 Å². The molecule has 3 heteroatoms. The maximum Gasteiger partial charge on any atom is 0.146 e. The highest BCUT2D eigenvalue weighted by Gasteiger charge is 1.80. The molecule has 0 bridgehead atoms. The van der Waals surface area contributed by atoms with Gasteiger partial charge in [0.2, 0.25) is 0 Å². The molecule has 44 valence electrons. The number of hydrogen-bond donors (Lipinski definition) is 0. The van der Waals surface area contributed by atoms with E-state index in [-0.39, 0.29) is 19.5 Å². The minimum atomic E-state index is -0.0446. The lowest BCUT2D eigenvalue weighted by Crippen LogP contribution is -1.98. The summed E-state index contributed by atoms with van der Waals surface area (Å²) in [4.78, 5) is 0. The lowest BCUT2D eigenvalue weighted by molar-refractivity contribution is 0.639. The molecule has 1 nitrogen and oxygen atoms in total. The molecule has 0 unspecified atom stereocenters. The largest absolute Gasteiger partial charge is 0.465 e. The molecular formula is C4H14OSi2. The Morgan fingerprint density at radius 1 is 1.57 bits per heavy atom. The van der Waals surface area contributed by atoms with E-state index in [2.05, 4.69) is 13.5 Å². The van der Waals surface area contributed by atoms with Crippen molar-refractivity contribution in [1.82, 2.24) is 0 Å². The molecule has 0 amide bonds. The van der Waals surface area contributed by atoms with Crippen LogP contribution in [0.1, 0.15) is 13.3 Å². The summed E-state index contributed by atoms with van der Waals surface area (Å²) in [5.41, 5.74) is 0. The molecule has 0 aliphatic heterocycles. The summed E-state index contributed by atoms with van der Waals surface area (Å²) in [6, 6.07) is 1.38. The van der Waals surface area contributed by atoms with E-state index < -0.39 is 0 Å². The lowest BCUT2D eigenvalue weighted by Gasteiger charge is -1.94. The third-order valence-corrected chi connectivity index (χ3v) is 4.63. The van der Waals surface area contributed by atoms with Gasteiger partial charge in [-0.3, -0.25) is 0 Å². The van der Waals surface area contributed by atoms with Crippen molar-refractivity contribution in [3.05, 3.63) is 0 Å². The summed E-state index contributed by atoms with van der Waals surface area (Å²) < 4.78 is 5.35. The van der Waals surface area contributed by atoms with Crippen LogP contribution >= 0.6 is 0 Å². The van der Waals surface area contributed by atoms with Gasteiger partial charge in [0.25, 0.3) is 0 Å². The number of hydrogen-bond acceptors (Lipinski definition) is 1. The summed E-state index contributed by atoms with van der Waals surface area (Å²) in [6.07, 6.45) is 1.32. The van der Waals surface area contributed by atoms with E-state index in [1.165, 1.54) is 12.5 Å². The Balaban J connectivity index is 2.45. The first-order chi connectivity index (χ1) is 3.41. The van der Waals surface area contributed by atoms with Crippen molar-refractivity contribution in [1.29, 1.82) is 0 Å². The minimum Gasteiger partial charge on any atom is -0.465 e. The van der Waals surface area contributed by atoms with Gasteiger partial charge < -0.3 is 4.12 Å². The Hall–Kier alpha value is 0.394. The normalized spacial score (nSPS) is 12.9. The molecule has 0 aromatic heterocycles. The Morgan fingerprint density at radius 2 is 2.29 bits per heavy atom. The molecule has 0 aromatic carbocycles. The predicted octanol–water partition coefficient (Wildman–Crippen LogP) is 0.0470. The maximum atomic E-state index is 5.35. The fourth-order valence-electron chi connectivity index (χ4n) is 0.391. The van der Waals surface area contributed by atoms with Crippen molar-refractivity contribution in [2.45, 2.75) is 25.9 Å². The van der Waals surface area contributed by atoms with Crippen LogP contribution in [-0.4, -0.2) is 19.5 Å². The van der Waals surface area contributed by atoms with E-state index in [0.29, 0.717) is 0 Å². The summed E-state index contributed by atoms with van der Waals surface area (Å²) >= 11 is 0. The molecule has 0 aromatic rings. The van der Waals surface area contributed by atoms with Crippen LogP contribution in [0.3, 0.4) is 0 Å². The minimum absolute atomic E-state index is 0.0270. The van der Waals surface area contributed by atoms with Crippen LogP contribution < -0.4 is 0 Å². The van der Waals surface area contributed by atoms with Gasteiger partial charge in [0.05, 0.1) is 0 Å². The average Bonchev–Trinajstić information content (AvgIpc) is 1.69. The van der Waals surface area contributed by atoms with Gasteiger partial charge in [-0.05, 0) is 6.04 Å². The van der Waals surface area contributed by atoms with Gasteiger partial charge in [-0.25, -0.2) is 0 Å². The van der Waals surface area contributed by atoms with Gasteiger partial charge in [0, 0.05) is 0 Å². The smallest absolute Gasteiger partial charge is 0.146 e. The summed E-state index contributed by atoms with van der Waals surface area (Å²) in [7, 11) is -0.0716. The van der Waals surface area contributed by atoms with Gasteiger partial charge in [0.1, 0.15) is 19.5 Å². The molecular weight excluding hydrogens is 120 g/mol. The van der Waals surface area contributed by atoms with Crippen molar-refractivity contribution in [2.75, 3.05) is 0 Å². The third-order valence-electron chi connectivity index (χ3n) is 0.846. The van der Waals surface area contributed by atoms with Crippen LogP contribution in [0.5, 0.6) is 0 Å². The van der Waals surface area contributed by atoms with Gasteiger partial charge in [-0.2, -0.15) is 0 Å². The van der Waals surface area contributed by atoms with Crippen LogP contribution in [0.2, 0.25) is 12.6 Å². The highest BCUT2D eigenvalue weighted by Crippen LogP contribution is 1.83. The lowest BCUT2D eigenvalue weighted by atomic mass is 10.6. The van der Waals surface area contributed by atoms with Crippen molar-refractivity contribution >= 4 is 19.5 Å². The Bertz CT molecular complexity index is 28.9. The SMILES string of the molecule is CCC[SiH2]O[SiH2]C. The molecule has 0 atom stereocenters. The first kappa shape index (κ1) is 7.39.